The van der Waals surface area contributed by atoms with Crippen molar-refractivity contribution in [2.75, 3.05) is 32.0 Å². The van der Waals surface area contributed by atoms with Crippen molar-refractivity contribution >= 4 is 5.95 Å². The van der Waals surface area contributed by atoms with Gasteiger partial charge in [0.25, 0.3) is 0 Å². The van der Waals surface area contributed by atoms with Gasteiger partial charge >= 0.3 is 0 Å². The lowest BCUT2D eigenvalue weighted by Crippen LogP contribution is -2.30. The van der Waals surface area contributed by atoms with Crippen LogP contribution < -0.4 is 5.32 Å². The number of likely N-dealkylation sites (tertiary alicyclic amines) is 1. The Kier molecular flexibility index (Phi) is 3.72. The molecule has 0 aromatic carbocycles. The standard InChI is InChI=1S/C12H20N4/c1-3-13-12-14-7-11(8-15-12)10-5-4-6-16(2)9-10/h7-8,10H,3-6,9H2,1-2H3,(H,13,14,15). The number of likely N-dealkylation sites (N-methyl/N-ethyl adjacent to an activating group) is 1. The van der Waals surface area contributed by atoms with Crippen molar-refractivity contribution in [2.45, 2.75) is 25.7 Å². The molecule has 1 aliphatic rings. The Morgan fingerprint density at radius 3 is 2.81 bits per heavy atom. The minimum Gasteiger partial charge on any atom is -0.355 e. The van der Waals surface area contributed by atoms with Crippen LogP contribution in [0.1, 0.15) is 31.2 Å². The van der Waals surface area contributed by atoms with Crippen molar-refractivity contribution < 1.29 is 0 Å². The summed E-state index contributed by atoms with van der Waals surface area (Å²) < 4.78 is 0. The summed E-state index contributed by atoms with van der Waals surface area (Å²) in [7, 11) is 2.18. The summed E-state index contributed by atoms with van der Waals surface area (Å²) >= 11 is 0. The summed E-state index contributed by atoms with van der Waals surface area (Å²) in [6, 6.07) is 0. The molecule has 1 atom stereocenters. The maximum absolute atomic E-state index is 4.33. The lowest BCUT2D eigenvalue weighted by Gasteiger charge is -2.29. The number of nitrogens with one attached hydrogen (secondary N) is 1. The van der Waals surface area contributed by atoms with Gasteiger partial charge in [0.2, 0.25) is 5.95 Å². The molecule has 0 radical (unpaired) electrons. The number of anilines is 1. The summed E-state index contributed by atoms with van der Waals surface area (Å²) in [5.41, 5.74) is 1.27. The molecule has 2 heterocycles. The highest BCUT2D eigenvalue weighted by Gasteiger charge is 2.19. The zero-order valence-corrected chi connectivity index (χ0v) is 10.1. The van der Waals surface area contributed by atoms with Crippen LogP contribution in [0.2, 0.25) is 0 Å². The lowest BCUT2D eigenvalue weighted by atomic mass is 9.93. The van der Waals surface area contributed by atoms with Gasteiger partial charge in [-0.25, -0.2) is 9.97 Å². The highest BCUT2D eigenvalue weighted by Crippen LogP contribution is 2.25. The molecule has 1 N–H and O–H groups in total. The summed E-state index contributed by atoms with van der Waals surface area (Å²) in [5, 5.41) is 3.11. The van der Waals surface area contributed by atoms with Crippen LogP contribution in [-0.4, -0.2) is 41.5 Å². The van der Waals surface area contributed by atoms with Gasteiger partial charge < -0.3 is 10.2 Å². The Labute approximate surface area is 97.1 Å². The molecule has 0 aliphatic carbocycles. The van der Waals surface area contributed by atoms with E-state index in [9.17, 15) is 0 Å². The largest absolute Gasteiger partial charge is 0.355 e. The number of piperidine rings is 1. The van der Waals surface area contributed by atoms with E-state index >= 15 is 0 Å². The van der Waals surface area contributed by atoms with E-state index in [-0.39, 0.29) is 0 Å². The third-order valence-corrected chi connectivity index (χ3v) is 3.10. The number of hydrogen-bond acceptors (Lipinski definition) is 4. The molecule has 2 rings (SSSR count). The second-order valence-electron chi connectivity index (χ2n) is 4.47. The van der Waals surface area contributed by atoms with E-state index in [4.69, 9.17) is 0 Å². The zero-order valence-electron chi connectivity index (χ0n) is 10.1. The van der Waals surface area contributed by atoms with Gasteiger partial charge in [-0.2, -0.15) is 0 Å². The van der Waals surface area contributed by atoms with Crippen molar-refractivity contribution in [3.05, 3.63) is 18.0 Å². The smallest absolute Gasteiger partial charge is 0.222 e. The Morgan fingerprint density at radius 1 is 1.44 bits per heavy atom. The summed E-state index contributed by atoms with van der Waals surface area (Å²) in [6.45, 7) is 5.26. The SMILES string of the molecule is CCNc1ncc(C2CCCN(C)C2)cn1. The van der Waals surface area contributed by atoms with E-state index in [1.807, 2.05) is 19.3 Å². The average Bonchev–Trinajstić information content (AvgIpc) is 2.30. The molecule has 0 saturated carbocycles. The van der Waals surface area contributed by atoms with Gasteiger partial charge in [0.1, 0.15) is 0 Å². The van der Waals surface area contributed by atoms with Crippen LogP contribution in [-0.2, 0) is 0 Å². The van der Waals surface area contributed by atoms with Crippen LogP contribution in [0.15, 0.2) is 12.4 Å². The molecule has 4 heteroatoms. The molecule has 0 bridgehead atoms. The van der Waals surface area contributed by atoms with E-state index in [1.165, 1.54) is 24.9 Å². The highest BCUT2D eigenvalue weighted by atomic mass is 15.1. The van der Waals surface area contributed by atoms with Crippen LogP contribution >= 0.6 is 0 Å². The van der Waals surface area contributed by atoms with Crippen molar-refractivity contribution in [1.29, 1.82) is 0 Å². The van der Waals surface area contributed by atoms with Crippen molar-refractivity contribution in [3.63, 3.8) is 0 Å². The molecular formula is C12H20N4. The average molecular weight is 220 g/mol. The van der Waals surface area contributed by atoms with Gasteiger partial charge in [0.05, 0.1) is 0 Å². The Hall–Kier alpha value is -1.16. The van der Waals surface area contributed by atoms with Crippen LogP contribution in [0.25, 0.3) is 0 Å². The van der Waals surface area contributed by atoms with Crippen molar-refractivity contribution in [3.8, 4) is 0 Å². The first-order valence-electron chi connectivity index (χ1n) is 6.04. The minimum absolute atomic E-state index is 0.606. The summed E-state index contributed by atoms with van der Waals surface area (Å²) in [4.78, 5) is 11.0. The molecule has 1 saturated heterocycles. The first-order chi connectivity index (χ1) is 7.79. The van der Waals surface area contributed by atoms with Crippen LogP contribution in [0.5, 0.6) is 0 Å². The monoisotopic (exact) mass is 220 g/mol. The molecule has 1 aromatic heterocycles. The maximum atomic E-state index is 4.33. The van der Waals surface area contributed by atoms with Crippen LogP contribution in [0, 0.1) is 0 Å². The number of nitrogens with zero attached hydrogens (tertiary/aromatic N) is 3. The van der Waals surface area contributed by atoms with E-state index in [0.717, 1.165) is 19.0 Å². The molecule has 4 nitrogen and oxygen atoms in total. The van der Waals surface area contributed by atoms with Crippen LogP contribution in [0.3, 0.4) is 0 Å². The summed E-state index contributed by atoms with van der Waals surface area (Å²) in [5.74, 6) is 1.34. The number of rotatable bonds is 3. The van der Waals surface area contributed by atoms with E-state index in [1.54, 1.807) is 0 Å². The Bertz CT molecular complexity index is 322. The van der Waals surface area contributed by atoms with Gasteiger partial charge in [-0.3, -0.25) is 0 Å². The second-order valence-corrected chi connectivity index (χ2v) is 4.47. The van der Waals surface area contributed by atoms with Gasteiger partial charge in [0.15, 0.2) is 0 Å². The topological polar surface area (TPSA) is 41.1 Å². The molecule has 0 spiro atoms. The van der Waals surface area contributed by atoms with Gasteiger partial charge in [-0.15, -0.1) is 0 Å². The molecule has 16 heavy (non-hydrogen) atoms. The van der Waals surface area contributed by atoms with Crippen molar-refractivity contribution in [2.24, 2.45) is 0 Å². The number of hydrogen-bond donors (Lipinski definition) is 1. The fourth-order valence-corrected chi connectivity index (χ4v) is 2.24. The van der Waals surface area contributed by atoms with E-state index < -0.39 is 0 Å². The summed E-state index contributed by atoms with van der Waals surface area (Å²) in [6.07, 6.45) is 6.47. The van der Waals surface area contributed by atoms with E-state index in [2.05, 4.69) is 27.2 Å². The Morgan fingerprint density at radius 2 is 2.19 bits per heavy atom. The molecule has 1 aliphatic heterocycles. The molecular weight excluding hydrogens is 200 g/mol. The first-order valence-corrected chi connectivity index (χ1v) is 6.04. The maximum Gasteiger partial charge on any atom is 0.222 e. The molecule has 1 fully saturated rings. The molecule has 88 valence electrons. The van der Waals surface area contributed by atoms with Gasteiger partial charge in [0, 0.05) is 25.5 Å². The predicted octanol–water partition coefficient (Wildman–Crippen LogP) is 1.72. The third kappa shape index (κ3) is 2.70. The molecule has 1 aromatic rings. The normalized spacial score (nSPS) is 22.0. The molecule has 0 amide bonds. The first kappa shape index (κ1) is 11.3. The quantitative estimate of drug-likeness (QED) is 0.842. The fourth-order valence-electron chi connectivity index (χ4n) is 2.24. The zero-order chi connectivity index (χ0) is 11.4. The predicted molar refractivity (Wildman–Crippen MR) is 65.7 cm³/mol. The van der Waals surface area contributed by atoms with Crippen LogP contribution in [0.4, 0.5) is 5.95 Å². The fraction of sp³-hybridized carbons (Fsp3) is 0.667. The third-order valence-electron chi connectivity index (χ3n) is 3.10. The van der Waals surface area contributed by atoms with Crippen molar-refractivity contribution in [1.82, 2.24) is 14.9 Å². The lowest BCUT2D eigenvalue weighted by molar-refractivity contribution is 0.250. The highest BCUT2D eigenvalue weighted by molar-refractivity contribution is 5.25. The number of aromatic nitrogens is 2. The Balaban J connectivity index is 2.03. The van der Waals surface area contributed by atoms with Gasteiger partial charge in [-0.1, -0.05) is 0 Å². The van der Waals surface area contributed by atoms with E-state index in [0.29, 0.717) is 5.92 Å². The minimum atomic E-state index is 0.606. The molecule has 1 unspecified atom stereocenters. The second kappa shape index (κ2) is 5.25. The van der Waals surface area contributed by atoms with Gasteiger partial charge in [-0.05, 0) is 44.8 Å².